The minimum atomic E-state index is -1.75. The van der Waals surface area contributed by atoms with Crippen molar-refractivity contribution in [2.45, 2.75) is 0 Å². The molecular weight excluding hydrogens is 318 g/mol. The maximum atomic E-state index is 8.25. The van der Waals surface area contributed by atoms with Crippen LogP contribution < -0.4 is 0 Å². The fourth-order valence-corrected chi connectivity index (χ4v) is 1.09. The monoisotopic (exact) mass is 325 g/mol. The summed E-state index contributed by atoms with van der Waals surface area (Å²) in [6.45, 7) is 0. The third-order valence-corrected chi connectivity index (χ3v) is 1.69. The molecule has 0 bridgehead atoms. The summed E-state index contributed by atoms with van der Waals surface area (Å²) >= 11 is 0. The zero-order valence-electron chi connectivity index (χ0n) is 8.49. The van der Waals surface area contributed by atoms with Gasteiger partial charge in [-0.2, -0.15) is 0 Å². The maximum Gasteiger partial charge on any atom is 1.00 e. The van der Waals surface area contributed by atoms with E-state index in [2.05, 4.69) is 9.97 Å². The molecular formula is C10H8AgN3O3. The van der Waals surface area contributed by atoms with Crippen molar-refractivity contribution in [2.24, 2.45) is 0 Å². The van der Waals surface area contributed by atoms with Crippen LogP contribution in [0.1, 0.15) is 0 Å². The summed E-state index contributed by atoms with van der Waals surface area (Å²) in [5.74, 6) is 0. The van der Waals surface area contributed by atoms with Crippen LogP contribution in [0, 0.1) is 15.3 Å². The van der Waals surface area contributed by atoms with E-state index < -0.39 is 5.09 Å². The molecule has 92 valence electrons. The second-order valence-electron chi connectivity index (χ2n) is 2.70. The van der Waals surface area contributed by atoms with Crippen LogP contribution in [0.25, 0.3) is 11.1 Å². The second-order valence-corrected chi connectivity index (χ2v) is 2.70. The van der Waals surface area contributed by atoms with E-state index in [1.54, 1.807) is 24.8 Å². The molecule has 0 N–H and O–H groups in total. The summed E-state index contributed by atoms with van der Waals surface area (Å²) in [6.07, 6.45) is 7.15. The van der Waals surface area contributed by atoms with E-state index in [1.807, 2.05) is 24.3 Å². The molecule has 0 aliphatic heterocycles. The molecule has 0 fully saturated rings. The number of hydrogen-bond donors (Lipinski definition) is 0. The molecule has 2 aromatic rings. The van der Waals surface area contributed by atoms with Crippen molar-refractivity contribution >= 4 is 0 Å². The van der Waals surface area contributed by atoms with Gasteiger partial charge >= 0.3 is 22.4 Å². The zero-order chi connectivity index (χ0) is 11.8. The van der Waals surface area contributed by atoms with Gasteiger partial charge in [-0.3, -0.25) is 9.97 Å². The van der Waals surface area contributed by atoms with Gasteiger partial charge in [0.2, 0.25) is 0 Å². The molecule has 2 rings (SSSR count). The molecule has 0 radical (unpaired) electrons. The molecule has 0 saturated heterocycles. The predicted octanol–water partition coefficient (Wildman–Crippen LogP) is 1.90. The van der Waals surface area contributed by atoms with Gasteiger partial charge in [0.25, 0.3) is 0 Å². The van der Waals surface area contributed by atoms with E-state index in [-0.39, 0.29) is 22.4 Å². The predicted molar refractivity (Wildman–Crippen MR) is 57.8 cm³/mol. The van der Waals surface area contributed by atoms with Crippen molar-refractivity contribution in [1.29, 1.82) is 0 Å². The van der Waals surface area contributed by atoms with Gasteiger partial charge in [-0.25, -0.2) is 0 Å². The summed E-state index contributed by atoms with van der Waals surface area (Å²) in [5, 5.41) is 14.8. The molecule has 0 atom stereocenters. The minimum Gasteiger partial charge on any atom is -0.356 e. The smallest absolute Gasteiger partial charge is 0.356 e. The van der Waals surface area contributed by atoms with Crippen LogP contribution in [-0.2, 0) is 22.4 Å². The number of hydrogen-bond acceptors (Lipinski definition) is 5. The molecule has 0 amide bonds. The molecule has 0 spiro atoms. The molecule has 2 heterocycles. The van der Waals surface area contributed by atoms with Crippen LogP contribution in [0.4, 0.5) is 0 Å². The Morgan fingerprint density at radius 3 is 1.29 bits per heavy atom. The Kier molecular flexibility index (Phi) is 7.53. The van der Waals surface area contributed by atoms with Crippen LogP contribution in [0.2, 0.25) is 0 Å². The average Bonchev–Trinajstić information content (AvgIpc) is 2.31. The fourth-order valence-electron chi connectivity index (χ4n) is 1.09. The van der Waals surface area contributed by atoms with Gasteiger partial charge in [0.15, 0.2) is 0 Å². The Labute approximate surface area is 113 Å². The van der Waals surface area contributed by atoms with E-state index in [9.17, 15) is 0 Å². The average molecular weight is 326 g/mol. The van der Waals surface area contributed by atoms with E-state index in [1.165, 1.54) is 11.1 Å². The number of pyridine rings is 2. The normalized spacial score (nSPS) is 8.24. The quantitative estimate of drug-likeness (QED) is 0.453. The molecule has 17 heavy (non-hydrogen) atoms. The van der Waals surface area contributed by atoms with Crippen molar-refractivity contribution in [3.8, 4) is 11.1 Å². The van der Waals surface area contributed by atoms with Crippen molar-refractivity contribution in [3.05, 3.63) is 64.4 Å². The van der Waals surface area contributed by atoms with E-state index in [0.717, 1.165) is 0 Å². The number of rotatable bonds is 1. The summed E-state index contributed by atoms with van der Waals surface area (Å²) in [5.41, 5.74) is 2.35. The van der Waals surface area contributed by atoms with Gasteiger partial charge in [-0.15, -0.1) is 0 Å². The minimum absolute atomic E-state index is 0. The molecule has 0 aromatic carbocycles. The first-order chi connectivity index (χ1) is 7.70. The summed E-state index contributed by atoms with van der Waals surface area (Å²) in [6, 6.07) is 7.93. The molecule has 0 unspecified atom stereocenters. The molecule has 0 aliphatic rings. The van der Waals surface area contributed by atoms with E-state index >= 15 is 0 Å². The van der Waals surface area contributed by atoms with Gasteiger partial charge in [0.1, 0.15) is 0 Å². The largest absolute Gasteiger partial charge is 1.00 e. The maximum absolute atomic E-state index is 8.25. The van der Waals surface area contributed by atoms with E-state index in [0.29, 0.717) is 0 Å². The van der Waals surface area contributed by atoms with Crippen LogP contribution in [0.3, 0.4) is 0 Å². The van der Waals surface area contributed by atoms with Crippen molar-refractivity contribution < 1.29 is 27.5 Å². The van der Waals surface area contributed by atoms with Gasteiger partial charge < -0.3 is 15.3 Å². The van der Waals surface area contributed by atoms with Crippen LogP contribution in [0.5, 0.6) is 0 Å². The number of nitrogens with zero attached hydrogens (tertiary/aromatic N) is 3. The summed E-state index contributed by atoms with van der Waals surface area (Å²) in [4.78, 5) is 16.2. The topological polar surface area (TPSA) is 92.0 Å². The van der Waals surface area contributed by atoms with Gasteiger partial charge in [0, 0.05) is 24.8 Å². The fraction of sp³-hybridized carbons (Fsp3) is 0. The van der Waals surface area contributed by atoms with Gasteiger partial charge in [-0.05, 0) is 35.4 Å². The SMILES string of the molecule is O=[N+]([O-])[O-].[Ag+].c1cc(-c2ccncc2)ccn1. The Morgan fingerprint density at radius 2 is 1.06 bits per heavy atom. The second kappa shape index (κ2) is 8.40. The van der Waals surface area contributed by atoms with Gasteiger partial charge in [0.05, 0.1) is 5.09 Å². The Hall–Kier alpha value is -1.76. The van der Waals surface area contributed by atoms with E-state index in [4.69, 9.17) is 15.3 Å². The summed E-state index contributed by atoms with van der Waals surface area (Å²) in [7, 11) is 0. The first-order valence-corrected chi connectivity index (χ1v) is 4.32. The van der Waals surface area contributed by atoms with Crippen LogP contribution in [0.15, 0.2) is 49.1 Å². The first-order valence-electron chi connectivity index (χ1n) is 4.32. The number of aromatic nitrogens is 2. The third kappa shape index (κ3) is 6.41. The zero-order valence-corrected chi connectivity index (χ0v) is 9.97. The van der Waals surface area contributed by atoms with Crippen LogP contribution in [-0.4, -0.2) is 15.1 Å². The Bertz CT molecular complexity index is 398. The summed E-state index contributed by atoms with van der Waals surface area (Å²) < 4.78 is 0. The standard InChI is InChI=1S/C10H8N2.Ag.NO3/c1-5-11-6-2-9(1)10-3-7-12-8-4-10;;2-1(3)4/h1-8H;;/q;+1;-1. The van der Waals surface area contributed by atoms with Gasteiger partial charge in [-0.1, -0.05) is 0 Å². The Morgan fingerprint density at radius 1 is 0.824 bits per heavy atom. The third-order valence-electron chi connectivity index (χ3n) is 1.69. The molecule has 0 aliphatic carbocycles. The molecule has 6 nitrogen and oxygen atoms in total. The van der Waals surface area contributed by atoms with Crippen molar-refractivity contribution in [3.63, 3.8) is 0 Å². The molecule has 7 heteroatoms. The first kappa shape index (κ1) is 15.2. The van der Waals surface area contributed by atoms with Crippen molar-refractivity contribution in [1.82, 2.24) is 9.97 Å². The van der Waals surface area contributed by atoms with Crippen LogP contribution >= 0.6 is 0 Å². The molecule has 0 saturated carbocycles. The molecule has 2 aromatic heterocycles. The van der Waals surface area contributed by atoms with Crippen molar-refractivity contribution in [2.75, 3.05) is 0 Å². The Balaban J connectivity index is 0.000000453.